The lowest BCUT2D eigenvalue weighted by Gasteiger charge is -2.05. The number of pyridine rings is 1. The van der Waals surface area contributed by atoms with E-state index in [4.69, 9.17) is 7.85 Å². The summed E-state index contributed by atoms with van der Waals surface area (Å²) in [6.07, 6.45) is 3.35. The van der Waals surface area contributed by atoms with Crippen molar-refractivity contribution in [3.05, 3.63) is 41.0 Å². The number of aromatic nitrogens is 1. The van der Waals surface area contributed by atoms with Gasteiger partial charge in [-0.2, -0.15) is 0 Å². The van der Waals surface area contributed by atoms with Crippen LogP contribution in [0.3, 0.4) is 0 Å². The minimum absolute atomic E-state index is 0.143. The van der Waals surface area contributed by atoms with Gasteiger partial charge >= 0.3 is 0 Å². The molecule has 0 bridgehead atoms. The molecule has 78 valence electrons. The zero-order chi connectivity index (χ0) is 11.5. The smallest absolute Gasteiger partial charge is 0.265 e. The summed E-state index contributed by atoms with van der Waals surface area (Å²) in [6, 6.07) is 5.20. The topological polar surface area (TPSA) is 42.0 Å². The first-order chi connectivity index (χ1) is 7.66. The largest absolute Gasteiger partial charge is 0.321 e. The van der Waals surface area contributed by atoms with E-state index in [1.165, 1.54) is 11.3 Å². The molecule has 0 unspecified atom stereocenters. The molecule has 16 heavy (non-hydrogen) atoms. The van der Waals surface area contributed by atoms with E-state index in [1.807, 2.05) is 6.92 Å². The van der Waals surface area contributed by atoms with Gasteiger partial charge < -0.3 is 5.32 Å². The molecule has 2 aromatic heterocycles. The van der Waals surface area contributed by atoms with E-state index < -0.39 is 0 Å². The maximum absolute atomic E-state index is 11.8. The molecular weight excluding hydrogens is 219 g/mol. The number of carbonyl (C=O) groups excluding carboxylic acids is 1. The third kappa shape index (κ3) is 2.31. The highest BCUT2D eigenvalue weighted by atomic mass is 32.1. The summed E-state index contributed by atoms with van der Waals surface area (Å²) < 4.78 is 0.636. The van der Waals surface area contributed by atoms with Gasteiger partial charge in [-0.15, -0.1) is 11.3 Å². The lowest BCUT2D eigenvalue weighted by molar-refractivity contribution is 0.103. The summed E-state index contributed by atoms with van der Waals surface area (Å²) in [7, 11) is 5.57. The van der Waals surface area contributed by atoms with Crippen LogP contribution in [0.15, 0.2) is 30.6 Å². The van der Waals surface area contributed by atoms with Crippen LogP contribution >= 0.6 is 11.3 Å². The molecule has 3 nitrogen and oxygen atoms in total. The SMILES string of the molecule is [B]c1ccc(C(=O)Nc2ccncc2C)s1. The first-order valence-electron chi connectivity index (χ1n) is 4.74. The van der Waals surface area contributed by atoms with Crippen molar-refractivity contribution < 1.29 is 4.79 Å². The fourth-order valence-corrected chi connectivity index (χ4v) is 1.94. The highest BCUT2D eigenvalue weighted by Gasteiger charge is 2.08. The standard InChI is InChI=1S/C11H9BN2OS/c1-7-6-13-5-4-8(7)14-11(15)9-2-3-10(12)16-9/h2-6H,1H3,(H,13,14,15). The Labute approximate surface area is 98.9 Å². The van der Waals surface area contributed by atoms with Crippen LogP contribution in [0.5, 0.6) is 0 Å². The Morgan fingerprint density at radius 1 is 1.44 bits per heavy atom. The van der Waals surface area contributed by atoms with Crippen molar-refractivity contribution in [1.29, 1.82) is 0 Å². The van der Waals surface area contributed by atoms with E-state index in [0.717, 1.165) is 11.3 Å². The van der Waals surface area contributed by atoms with E-state index in [2.05, 4.69) is 10.3 Å². The van der Waals surface area contributed by atoms with Crippen molar-refractivity contribution in [2.24, 2.45) is 0 Å². The van der Waals surface area contributed by atoms with Crippen LogP contribution in [-0.4, -0.2) is 18.7 Å². The zero-order valence-electron chi connectivity index (χ0n) is 8.73. The van der Waals surface area contributed by atoms with E-state index in [-0.39, 0.29) is 5.91 Å². The molecule has 2 rings (SSSR count). The van der Waals surface area contributed by atoms with Gasteiger partial charge in [-0.25, -0.2) is 0 Å². The van der Waals surface area contributed by atoms with Crippen LogP contribution in [0.25, 0.3) is 0 Å². The molecule has 1 N–H and O–H groups in total. The first-order valence-corrected chi connectivity index (χ1v) is 5.56. The van der Waals surface area contributed by atoms with E-state index >= 15 is 0 Å². The Hall–Kier alpha value is -1.62. The van der Waals surface area contributed by atoms with Crippen LogP contribution in [-0.2, 0) is 0 Å². The van der Waals surface area contributed by atoms with Gasteiger partial charge in [0.25, 0.3) is 5.91 Å². The molecule has 1 amide bonds. The summed E-state index contributed by atoms with van der Waals surface area (Å²) in [4.78, 5) is 16.4. The monoisotopic (exact) mass is 228 g/mol. The third-order valence-corrected chi connectivity index (χ3v) is 3.03. The molecule has 0 aliphatic carbocycles. The Kier molecular flexibility index (Phi) is 3.06. The van der Waals surface area contributed by atoms with Crippen molar-refractivity contribution in [1.82, 2.24) is 4.98 Å². The third-order valence-electron chi connectivity index (χ3n) is 2.12. The number of carbonyl (C=O) groups is 1. The number of nitrogens with zero attached hydrogens (tertiary/aromatic N) is 1. The molecule has 0 spiro atoms. The van der Waals surface area contributed by atoms with Crippen molar-refractivity contribution >= 4 is 35.6 Å². The van der Waals surface area contributed by atoms with E-state index in [0.29, 0.717) is 9.65 Å². The molecule has 0 aliphatic heterocycles. The molecule has 0 saturated heterocycles. The van der Waals surface area contributed by atoms with Crippen molar-refractivity contribution in [2.45, 2.75) is 6.92 Å². The predicted molar refractivity (Wildman–Crippen MR) is 66.6 cm³/mol. The van der Waals surface area contributed by atoms with Gasteiger partial charge in [0.1, 0.15) is 7.85 Å². The second-order valence-corrected chi connectivity index (χ2v) is 4.46. The quantitative estimate of drug-likeness (QED) is 0.791. The van der Waals surface area contributed by atoms with Crippen LogP contribution in [0.2, 0.25) is 0 Å². The predicted octanol–water partition coefficient (Wildman–Crippen LogP) is 1.50. The molecular formula is C11H9BN2OS. The van der Waals surface area contributed by atoms with Crippen LogP contribution in [0, 0.1) is 6.92 Å². The number of amides is 1. The molecule has 0 aromatic carbocycles. The lowest BCUT2D eigenvalue weighted by atomic mass is 10.1. The Morgan fingerprint density at radius 3 is 2.88 bits per heavy atom. The van der Waals surface area contributed by atoms with Gasteiger partial charge in [-0.05, 0) is 29.4 Å². The van der Waals surface area contributed by atoms with Crippen LogP contribution < -0.4 is 10.1 Å². The number of nitrogens with one attached hydrogen (secondary N) is 1. The summed E-state index contributed by atoms with van der Waals surface area (Å²) in [5.74, 6) is -0.143. The number of thiophene rings is 1. The van der Waals surface area contributed by atoms with Crippen LogP contribution in [0.1, 0.15) is 15.2 Å². The van der Waals surface area contributed by atoms with Gasteiger partial charge in [0, 0.05) is 18.1 Å². The van der Waals surface area contributed by atoms with Crippen molar-refractivity contribution in [3.8, 4) is 0 Å². The van der Waals surface area contributed by atoms with Crippen molar-refractivity contribution in [3.63, 3.8) is 0 Å². The normalized spacial score (nSPS) is 10.1. The van der Waals surface area contributed by atoms with E-state index in [9.17, 15) is 4.79 Å². The fourth-order valence-electron chi connectivity index (χ4n) is 1.27. The summed E-state index contributed by atoms with van der Waals surface area (Å²) in [6.45, 7) is 1.89. The number of rotatable bonds is 2. The number of aryl methyl sites for hydroxylation is 1. The Morgan fingerprint density at radius 2 is 2.25 bits per heavy atom. The number of anilines is 1. The number of hydrogen-bond acceptors (Lipinski definition) is 3. The molecule has 0 aliphatic rings. The van der Waals surface area contributed by atoms with Gasteiger partial charge in [-0.1, -0.05) is 6.07 Å². The van der Waals surface area contributed by atoms with Gasteiger partial charge in [-0.3, -0.25) is 9.78 Å². The minimum atomic E-state index is -0.143. The van der Waals surface area contributed by atoms with Gasteiger partial charge in [0.05, 0.1) is 4.88 Å². The molecule has 0 atom stereocenters. The second kappa shape index (κ2) is 4.49. The minimum Gasteiger partial charge on any atom is -0.321 e. The fraction of sp³-hybridized carbons (Fsp3) is 0.0909. The summed E-state index contributed by atoms with van der Waals surface area (Å²) >= 11 is 1.27. The maximum atomic E-state index is 11.8. The average Bonchev–Trinajstić information content (AvgIpc) is 2.68. The zero-order valence-corrected chi connectivity index (χ0v) is 9.54. The van der Waals surface area contributed by atoms with Gasteiger partial charge in [0.2, 0.25) is 0 Å². The van der Waals surface area contributed by atoms with Crippen LogP contribution in [0.4, 0.5) is 5.69 Å². The molecule has 2 radical (unpaired) electrons. The first kappa shape index (κ1) is 10.9. The van der Waals surface area contributed by atoms with E-state index in [1.54, 1.807) is 30.6 Å². The Balaban J connectivity index is 2.17. The highest BCUT2D eigenvalue weighted by molar-refractivity contribution is 7.21. The maximum Gasteiger partial charge on any atom is 0.265 e. The average molecular weight is 228 g/mol. The van der Waals surface area contributed by atoms with Crippen molar-refractivity contribution in [2.75, 3.05) is 5.32 Å². The molecule has 2 aromatic rings. The lowest BCUT2D eigenvalue weighted by Crippen LogP contribution is -2.11. The molecule has 0 fully saturated rings. The number of hydrogen-bond donors (Lipinski definition) is 1. The Bertz CT molecular complexity index is 524. The molecule has 5 heteroatoms. The van der Waals surface area contributed by atoms with Gasteiger partial charge in [0.15, 0.2) is 0 Å². The second-order valence-electron chi connectivity index (χ2n) is 3.35. The summed E-state index contributed by atoms with van der Waals surface area (Å²) in [5, 5.41) is 2.82. The highest BCUT2D eigenvalue weighted by Crippen LogP contribution is 2.14. The molecule has 2 heterocycles. The summed E-state index contributed by atoms with van der Waals surface area (Å²) in [5.41, 5.74) is 1.70. The molecule has 0 saturated carbocycles.